The summed E-state index contributed by atoms with van der Waals surface area (Å²) >= 11 is 3.46. The average molecular weight is 318 g/mol. The Bertz CT molecular complexity index is 549. The molecule has 0 aliphatic carbocycles. The Morgan fingerprint density at radius 3 is 2.05 bits per heavy atom. The maximum Gasteiger partial charge on any atom is 0.119 e. The van der Waals surface area contributed by atoms with E-state index in [2.05, 4.69) is 73.1 Å². The van der Waals surface area contributed by atoms with E-state index in [4.69, 9.17) is 4.74 Å². The summed E-state index contributed by atoms with van der Waals surface area (Å²) in [5.74, 6) is 1.04. The van der Waals surface area contributed by atoms with Gasteiger partial charge in [-0.2, -0.15) is 0 Å². The molecule has 2 rings (SSSR count). The van der Waals surface area contributed by atoms with E-state index in [0.29, 0.717) is 0 Å². The van der Waals surface area contributed by atoms with E-state index in [-0.39, 0.29) is 5.92 Å². The quantitative estimate of drug-likeness (QED) is 0.770. The molecule has 1 unspecified atom stereocenters. The second-order valence-electron chi connectivity index (χ2n) is 4.78. The molecule has 2 heteroatoms. The molecule has 0 amide bonds. The molecule has 0 N–H and O–H groups in total. The molecule has 1 radical (unpaired) electrons. The van der Waals surface area contributed by atoms with Gasteiger partial charge in [0.15, 0.2) is 0 Å². The normalized spacial score (nSPS) is 12.3. The van der Waals surface area contributed by atoms with Crippen molar-refractivity contribution >= 4 is 15.9 Å². The lowest BCUT2D eigenvalue weighted by Crippen LogP contribution is -2.02. The first kappa shape index (κ1) is 14.1. The number of halogens is 1. The van der Waals surface area contributed by atoms with Crippen LogP contribution in [-0.4, -0.2) is 7.11 Å². The van der Waals surface area contributed by atoms with Crippen molar-refractivity contribution in [2.24, 2.45) is 0 Å². The fourth-order valence-electron chi connectivity index (χ4n) is 2.46. The number of methoxy groups -OCH3 is 1. The second-order valence-corrected chi connectivity index (χ2v) is 5.69. The van der Waals surface area contributed by atoms with Crippen LogP contribution in [0.5, 0.6) is 5.75 Å². The molecule has 2 aromatic rings. The van der Waals surface area contributed by atoms with Crippen molar-refractivity contribution in [3.63, 3.8) is 0 Å². The Morgan fingerprint density at radius 1 is 1.05 bits per heavy atom. The number of rotatable bonds is 3. The van der Waals surface area contributed by atoms with Gasteiger partial charge in [0.1, 0.15) is 5.75 Å². The van der Waals surface area contributed by atoms with Crippen molar-refractivity contribution in [2.45, 2.75) is 19.8 Å². The molecule has 0 saturated carbocycles. The van der Waals surface area contributed by atoms with E-state index in [1.54, 1.807) is 7.11 Å². The third kappa shape index (κ3) is 3.01. The molecule has 0 aliphatic rings. The molecule has 0 fully saturated rings. The standard InChI is InChI=1S/C17H18BrO/c1-11-9-16(19-4)10-12(2)17(11)13(3)14-5-7-15(18)8-6-14/h5-10,13H,3H2,1-2,4H3. The Kier molecular flexibility index (Phi) is 4.31. The highest BCUT2D eigenvalue weighted by atomic mass is 79.9. The SMILES string of the molecule is [CH2]C(c1ccc(Br)cc1)c1c(C)cc(OC)cc1C. The number of hydrogen-bond donors (Lipinski definition) is 0. The van der Waals surface area contributed by atoms with E-state index >= 15 is 0 Å². The molecule has 0 bridgehead atoms. The molecular weight excluding hydrogens is 300 g/mol. The monoisotopic (exact) mass is 317 g/mol. The van der Waals surface area contributed by atoms with E-state index in [0.717, 1.165) is 10.2 Å². The topological polar surface area (TPSA) is 9.23 Å². The van der Waals surface area contributed by atoms with Crippen LogP contribution in [0, 0.1) is 20.8 Å². The van der Waals surface area contributed by atoms with Crippen molar-refractivity contribution in [1.82, 2.24) is 0 Å². The van der Waals surface area contributed by atoms with Crippen molar-refractivity contribution < 1.29 is 4.74 Å². The van der Waals surface area contributed by atoms with Crippen LogP contribution in [0.1, 0.15) is 28.2 Å². The first-order chi connectivity index (χ1) is 9.02. The predicted octanol–water partition coefficient (Wildman–Crippen LogP) is 5.04. The number of ether oxygens (including phenoxy) is 1. The highest BCUT2D eigenvalue weighted by molar-refractivity contribution is 9.10. The number of hydrogen-bond acceptors (Lipinski definition) is 1. The largest absolute Gasteiger partial charge is 0.497 e. The van der Waals surface area contributed by atoms with E-state index in [9.17, 15) is 0 Å². The highest BCUT2D eigenvalue weighted by Gasteiger charge is 2.14. The second kappa shape index (κ2) is 5.79. The Hall–Kier alpha value is -1.28. The zero-order chi connectivity index (χ0) is 14.0. The van der Waals surface area contributed by atoms with Crippen LogP contribution in [0.4, 0.5) is 0 Å². The van der Waals surface area contributed by atoms with Crippen LogP contribution < -0.4 is 4.74 Å². The van der Waals surface area contributed by atoms with E-state index in [1.807, 2.05) is 0 Å². The fourth-order valence-corrected chi connectivity index (χ4v) is 2.73. The average Bonchev–Trinajstić information content (AvgIpc) is 2.38. The molecule has 0 aromatic heterocycles. The van der Waals surface area contributed by atoms with Gasteiger partial charge in [-0.1, -0.05) is 28.1 Å². The lowest BCUT2D eigenvalue weighted by molar-refractivity contribution is 0.414. The summed E-state index contributed by atoms with van der Waals surface area (Å²) in [6.45, 7) is 8.56. The minimum Gasteiger partial charge on any atom is -0.497 e. The van der Waals surface area contributed by atoms with Gasteiger partial charge in [-0.3, -0.25) is 0 Å². The molecule has 99 valence electrons. The van der Waals surface area contributed by atoms with Gasteiger partial charge in [-0.25, -0.2) is 0 Å². The number of aryl methyl sites for hydroxylation is 2. The minimum atomic E-state index is 0.138. The third-order valence-corrected chi connectivity index (χ3v) is 3.95. The van der Waals surface area contributed by atoms with Gasteiger partial charge in [-0.15, -0.1) is 0 Å². The fraction of sp³-hybridized carbons (Fsp3) is 0.235. The van der Waals surface area contributed by atoms with Crippen molar-refractivity contribution in [3.8, 4) is 5.75 Å². The zero-order valence-corrected chi connectivity index (χ0v) is 13.1. The third-order valence-electron chi connectivity index (χ3n) is 3.42. The molecular formula is C17H18BrO. The Labute approximate surface area is 123 Å². The first-order valence-electron chi connectivity index (χ1n) is 6.26. The summed E-state index contributed by atoms with van der Waals surface area (Å²) in [7, 11) is 1.70. The van der Waals surface area contributed by atoms with Crippen LogP contribution in [0.15, 0.2) is 40.9 Å². The van der Waals surface area contributed by atoms with E-state index < -0.39 is 0 Å². The van der Waals surface area contributed by atoms with Gasteiger partial charge >= 0.3 is 0 Å². The first-order valence-corrected chi connectivity index (χ1v) is 7.06. The van der Waals surface area contributed by atoms with Crippen LogP contribution in [0.2, 0.25) is 0 Å². The molecule has 19 heavy (non-hydrogen) atoms. The summed E-state index contributed by atoms with van der Waals surface area (Å²) in [6, 6.07) is 12.5. The summed E-state index contributed by atoms with van der Waals surface area (Å²) in [6.07, 6.45) is 0. The molecule has 2 aromatic carbocycles. The van der Waals surface area contributed by atoms with Gasteiger partial charge in [0.05, 0.1) is 7.11 Å². The summed E-state index contributed by atoms with van der Waals surface area (Å²) in [5.41, 5.74) is 4.95. The highest BCUT2D eigenvalue weighted by Crippen LogP contribution is 2.32. The molecule has 0 spiro atoms. The maximum atomic E-state index is 5.31. The molecule has 0 saturated heterocycles. The van der Waals surface area contributed by atoms with E-state index in [1.165, 1.54) is 22.3 Å². The molecule has 1 nitrogen and oxygen atoms in total. The van der Waals surface area contributed by atoms with Crippen LogP contribution >= 0.6 is 15.9 Å². The van der Waals surface area contributed by atoms with Gasteiger partial charge < -0.3 is 4.74 Å². The Morgan fingerprint density at radius 2 is 1.58 bits per heavy atom. The maximum absolute atomic E-state index is 5.31. The lowest BCUT2D eigenvalue weighted by Gasteiger charge is -2.19. The zero-order valence-electron chi connectivity index (χ0n) is 11.5. The smallest absolute Gasteiger partial charge is 0.119 e. The van der Waals surface area contributed by atoms with Gasteiger partial charge in [0.25, 0.3) is 0 Å². The minimum absolute atomic E-state index is 0.138. The van der Waals surface area contributed by atoms with Crippen molar-refractivity contribution in [1.29, 1.82) is 0 Å². The molecule has 0 aliphatic heterocycles. The summed E-state index contributed by atoms with van der Waals surface area (Å²) in [4.78, 5) is 0. The van der Waals surface area contributed by atoms with Crippen LogP contribution in [0.3, 0.4) is 0 Å². The lowest BCUT2D eigenvalue weighted by atomic mass is 9.87. The summed E-state index contributed by atoms with van der Waals surface area (Å²) in [5, 5.41) is 0. The predicted molar refractivity (Wildman–Crippen MR) is 83.8 cm³/mol. The van der Waals surface area contributed by atoms with Crippen LogP contribution in [0.25, 0.3) is 0 Å². The molecule has 0 heterocycles. The van der Waals surface area contributed by atoms with Gasteiger partial charge in [0.2, 0.25) is 0 Å². The van der Waals surface area contributed by atoms with Gasteiger partial charge in [-0.05, 0) is 67.3 Å². The molecule has 1 atom stereocenters. The Balaban J connectivity index is 2.44. The number of benzene rings is 2. The van der Waals surface area contributed by atoms with Crippen molar-refractivity contribution in [2.75, 3.05) is 7.11 Å². The van der Waals surface area contributed by atoms with Crippen molar-refractivity contribution in [3.05, 3.63) is 70.0 Å². The summed E-state index contributed by atoms with van der Waals surface area (Å²) < 4.78 is 6.39. The van der Waals surface area contributed by atoms with Crippen LogP contribution in [-0.2, 0) is 0 Å². The van der Waals surface area contributed by atoms with Gasteiger partial charge in [0, 0.05) is 10.4 Å².